The van der Waals surface area contributed by atoms with Crippen molar-refractivity contribution in [1.82, 2.24) is 4.90 Å². The minimum absolute atomic E-state index is 0.772. The van der Waals surface area contributed by atoms with Gasteiger partial charge in [-0.25, -0.2) is 0 Å². The van der Waals surface area contributed by atoms with Crippen LogP contribution >= 0.6 is 0 Å². The summed E-state index contributed by atoms with van der Waals surface area (Å²) in [6.45, 7) is 4.56. The maximum Gasteiger partial charge on any atom is 0.0133 e. The fourth-order valence-corrected chi connectivity index (χ4v) is 3.03. The van der Waals surface area contributed by atoms with Crippen molar-refractivity contribution >= 4 is 0 Å². The summed E-state index contributed by atoms with van der Waals surface area (Å²) in [6, 6.07) is 0.785. The molecule has 4 unspecified atom stereocenters. The Hall–Kier alpha value is -0.0800. The van der Waals surface area contributed by atoms with Gasteiger partial charge in [0.2, 0.25) is 0 Å². The zero-order valence-corrected chi connectivity index (χ0v) is 9.58. The molecule has 2 aliphatic carbocycles. The topological polar surface area (TPSA) is 29.3 Å². The molecular weight excluding hydrogens is 172 g/mol. The van der Waals surface area contributed by atoms with Crippen LogP contribution in [0.4, 0.5) is 0 Å². The molecule has 2 saturated carbocycles. The summed E-state index contributed by atoms with van der Waals surface area (Å²) < 4.78 is 0. The summed E-state index contributed by atoms with van der Waals surface area (Å²) in [5.41, 5.74) is 5.81. The number of nitrogens with two attached hydrogens (primary N) is 1. The number of hydrogen-bond donors (Lipinski definition) is 1. The van der Waals surface area contributed by atoms with Gasteiger partial charge in [-0.05, 0) is 50.6 Å². The second-order valence-corrected chi connectivity index (χ2v) is 5.41. The van der Waals surface area contributed by atoms with Gasteiger partial charge in [-0.2, -0.15) is 0 Å². The summed E-state index contributed by atoms with van der Waals surface area (Å²) in [6.07, 6.45) is 5.56. The number of nitrogens with zero attached hydrogens (tertiary/aromatic N) is 1. The predicted octanol–water partition coefficient (Wildman–Crippen LogP) is 1.70. The molecule has 0 aromatic carbocycles. The highest BCUT2D eigenvalue weighted by atomic mass is 15.1. The Bertz CT molecular complexity index is 193. The van der Waals surface area contributed by atoms with E-state index < -0.39 is 0 Å². The van der Waals surface area contributed by atoms with Gasteiger partial charge in [-0.15, -0.1) is 0 Å². The third kappa shape index (κ3) is 2.12. The normalized spacial score (nSPS) is 42.0. The van der Waals surface area contributed by atoms with Gasteiger partial charge >= 0.3 is 0 Å². The predicted molar refractivity (Wildman–Crippen MR) is 60.1 cm³/mol. The zero-order chi connectivity index (χ0) is 10.1. The van der Waals surface area contributed by atoms with Crippen LogP contribution in [0.3, 0.4) is 0 Å². The lowest BCUT2D eigenvalue weighted by Crippen LogP contribution is -2.38. The van der Waals surface area contributed by atoms with Crippen LogP contribution in [-0.2, 0) is 0 Å². The molecule has 2 heteroatoms. The van der Waals surface area contributed by atoms with Crippen molar-refractivity contribution < 1.29 is 0 Å². The molecule has 0 saturated heterocycles. The third-order valence-corrected chi connectivity index (χ3v) is 4.29. The molecule has 0 aromatic rings. The van der Waals surface area contributed by atoms with Crippen molar-refractivity contribution in [2.24, 2.45) is 23.5 Å². The van der Waals surface area contributed by atoms with Gasteiger partial charge in [0.25, 0.3) is 0 Å². The van der Waals surface area contributed by atoms with E-state index in [1.54, 1.807) is 0 Å². The first-order valence-electron chi connectivity index (χ1n) is 6.12. The van der Waals surface area contributed by atoms with Crippen LogP contribution in [0.25, 0.3) is 0 Å². The van der Waals surface area contributed by atoms with Crippen molar-refractivity contribution in [1.29, 1.82) is 0 Å². The fraction of sp³-hybridized carbons (Fsp3) is 1.00. The Labute approximate surface area is 87.8 Å². The van der Waals surface area contributed by atoms with Crippen LogP contribution in [0.5, 0.6) is 0 Å². The molecule has 4 atom stereocenters. The molecule has 14 heavy (non-hydrogen) atoms. The highest BCUT2D eigenvalue weighted by molar-refractivity contribution is 4.90. The summed E-state index contributed by atoms with van der Waals surface area (Å²) >= 11 is 0. The molecule has 0 aliphatic heterocycles. The maximum absolute atomic E-state index is 5.81. The first-order valence-corrected chi connectivity index (χ1v) is 6.12. The Morgan fingerprint density at radius 1 is 1.29 bits per heavy atom. The van der Waals surface area contributed by atoms with Gasteiger partial charge in [0.1, 0.15) is 0 Å². The van der Waals surface area contributed by atoms with Gasteiger partial charge in [0.05, 0.1) is 0 Å². The second kappa shape index (κ2) is 4.19. The van der Waals surface area contributed by atoms with Crippen molar-refractivity contribution in [2.45, 2.75) is 38.6 Å². The molecule has 2 aliphatic rings. The Morgan fingerprint density at radius 2 is 2.00 bits per heavy atom. The molecule has 2 nitrogen and oxygen atoms in total. The van der Waals surface area contributed by atoms with E-state index in [-0.39, 0.29) is 0 Å². The van der Waals surface area contributed by atoms with E-state index in [1.807, 2.05) is 0 Å². The van der Waals surface area contributed by atoms with E-state index in [9.17, 15) is 0 Å². The molecule has 2 N–H and O–H groups in total. The van der Waals surface area contributed by atoms with E-state index in [2.05, 4.69) is 18.9 Å². The molecule has 2 rings (SSSR count). The van der Waals surface area contributed by atoms with Gasteiger partial charge in [-0.1, -0.05) is 13.3 Å². The van der Waals surface area contributed by atoms with Crippen LogP contribution in [-0.4, -0.2) is 31.1 Å². The first-order chi connectivity index (χ1) is 6.72. The Morgan fingerprint density at radius 3 is 2.57 bits per heavy atom. The maximum atomic E-state index is 5.81. The molecule has 0 amide bonds. The molecule has 0 bridgehead atoms. The number of rotatable bonds is 4. The minimum atomic E-state index is 0.772. The van der Waals surface area contributed by atoms with Crippen LogP contribution in [0, 0.1) is 17.8 Å². The lowest BCUT2D eigenvalue weighted by Gasteiger charge is -2.29. The smallest absolute Gasteiger partial charge is 0.0133 e. The van der Waals surface area contributed by atoms with Gasteiger partial charge in [0, 0.05) is 12.6 Å². The van der Waals surface area contributed by atoms with Crippen LogP contribution in [0.1, 0.15) is 32.6 Å². The van der Waals surface area contributed by atoms with E-state index >= 15 is 0 Å². The minimum Gasteiger partial charge on any atom is -0.330 e. The van der Waals surface area contributed by atoms with E-state index in [4.69, 9.17) is 5.73 Å². The van der Waals surface area contributed by atoms with E-state index in [1.165, 1.54) is 32.2 Å². The summed E-state index contributed by atoms with van der Waals surface area (Å²) in [5, 5.41) is 0. The summed E-state index contributed by atoms with van der Waals surface area (Å²) in [5.74, 6) is 2.74. The highest BCUT2D eigenvalue weighted by Gasteiger charge is 2.36. The Balaban J connectivity index is 1.80. The van der Waals surface area contributed by atoms with Gasteiger partial charge in [-0.3, -0.25) is 0 Å². The molecule has 0 spiro atoms. The SMILES string of the molecule is CC1CC1CN(C)C1CCCC1CN. The standard InChI is InChI=1S/C12H24N2/c1-9-6-11(9)8-14(2)12-5-3-4-10(12)7-13/h9-12H,3-8,13H2,1-2H3. The first kappa shape index (κ1) is 10.4. The Kier molecular flexibility index (Phi) is 3.13. The van der Waals surface area contributed by atoms with E-state index in [0.717, 1.165) is 30.3 Å². The van der Waals surface area contributed by atoms with Crippen molar-refractivity contribution in [3.63, 3.8) is 0 Å². The largest absolute Gasteiger partial charge is 0.330 e. The van der Waals surface area contributed by atoms with Crippen molar-refractivity contribution in [3.8, 4) is 0 Å². The molecule has 0 radical (unpaired) electrons. The monoisotopic (exact) mass is 196 g/mol. The van der Waals surface area contributed by atoms with Crippen LogP contribution in [0.2, 0.25) is 0 Å². The second-order valence-electron chi connectivity index (χ2n) is 5.41. The summed E-state index contributed by atoms with van der Waals surface area (Å²) in [7, 11) is 2.30. The number of hydrogen-bond acceptors (Lipinski definition) is 2. The summed E-state index contributed by atoms with van der Waals surface area (Å²) in [4.78, 5) is 2.58. The third-order valence-electron chi connectivity index (χ3n) is 4.29. The molecule has 2 fully saturated rings. The van der Waals surface area contributed by atoms with Crippen molar-refractivity contribution in [2.75, 3.05) is 20.1 Å². The van der Waals surface area contributed by atoms with Crippen molar-refractivity contribution in [3.05, 3.63) is 0 Å². The lowest BCUT2D eigenvalue weighted by molar-refractivity contribution is 0.191. The van der Waals surface area contributed by atoms with Gasteiger partial charge < -0.3 is 10.6 Å². The molecule has 0 heterocycles. The molecule has 82 valence electrons. The van der Waals surface area contributed by atoms with Crippen LogP contribution < -0.4 is 5.73 Å². The fourth-order valence-electron chi connectivity index (χ4n) is 3.03. The van der Waals surface area contributed by atoms with E-state index in [0.29, 0.717) is 0 Å². The average molecular weight is 196 g/mol. The molecule has 0 aromatic heterocycles. The van der Waals surface area contributed by atoms with Gasteiger partial charge in [0.15, 0.2) is 0 Å². The average Bonchev–Trinajstić information content (AvgIpc) is 2.72. The molecular formula is C12H24N2. The lowest BCUT2D eigenvalue weighted by atomic mass is 10.0. The van der Waals surface area contributed by atoms with Crippen LogP contribution in [0.15, 0.2) is 0 Å². The highest BCUT2D eigenvalue weighted by Crippen LogP contribution is 2.39. The quantitative estimate of drug-likeness (QED) is 0.741. The zero-order valence-electron chi connectivity index (χ0n) is 9.58.